The van der Waals surface area contributed by atoms with E-state index in [0.29, 0.717) is 0 Å². The second kappa shape index (κ2) is 8.97. The molecule has 0 bridgehead atoms. The van der Waals surface area contributed by atoms with Crippen molar-refractivity contribution < 1.29 is 41.3 Å². The molecule has 0 aromatic carbocycles. The molecule has 0 aliphatic carbocycles. The van der Waals surface area contributed by atoms with Crippen LogP contribution in [0.3, 0.4) is 0 Å². The molecule has 3 atom stereocenters. The summed E-state index contributed by atoms with van der Waals surface area (Å²) >= 11 is 0. The van der Waals surface area contributed by atoms with Gasteiger partial charge >= 0.3 is 0 Å². The van der Waals surface area contributed by atoms with E-state index in [1.165, 1.54) is 0 Å². The van der Waals surface area contributed by atoms with Crippen LogP contribution in [0.5, 0.6) is 0 Å². The fraction of sp³-hybridized carbons (Fsp3) is 0.833. The molecule has 0 amide bonds. The maximum Gasteiger partial charge on any atom is 0.189 e. The molecule has 0 saturated heterocycles. The Hall–Kier alpha value is -0.610. The zero-order valence-electron chi connectivity index (χ0n) is 7.29. The molecule has 0 aliphatic rings. The molecule has 0 rings (SSSR count). The third-order valence-corrected chi connectivity index (χ3v) is 1.39. The van der Waals surface area contributed by atoms with E-state index in [9.17, 15) is 4.79 Å². The van der Waals surface area contributed by atoms with Crippen LogP contribution in [0.2, 0.25) is 0 Å². The van der Waals surface area contributed by atoms with Crippen molar-refractivity contribution in [2.24, 2.45) is 0 Å². The topological polar surface area (TPSA) is 181 Å². The molecule has 0 heterocycles. The minimum absolute atomic E-state index is 0. The van der Waals surface area contributed by atoms with Crippen molar-refractivity contribution >= 4 is 5.78 Å². The van der Waals surface area contributed by atoms with Gasteiger partial charge in [-0.3, -0.25) is 4.79 Å². The molecular formula is C6H16O8. The molecule has 0 aromatic rings. The van der Waals surface area contributed by atoms with Crippen LogP contribution < -0.4 is 0 Å². The van der Waals surface area contributed by atoms with E-state index in [2.05, 4.69) is 0 Å². The van der Waals surface area contributed by atoms with Gasteiger partial charge in [0.05, 0.1) is 6.61 Å². The molecule has 8 heteroatoms. The van der Waals surface area contributed by atoms with Gasteiger partial charge in [-0.2, -0.15) is 0 Å². The van der Waals surface area contributed by atoms with Crippen LogP contribution in [-0.4, -0.2) is 73.8 Å². The van der Waals surface area contributed by atoms with Gasteiger partial charge in [-0.15, -0.1) is 0 Å². The summed E-state index contributed by atoms with van der Waals surface area (Å²) in [5.74, 6) is -1.00. The van der Waals surface area contributed by atoms with Crippen molar-refractivity contribution in [3.05, 3.63) is 0 Å². The lowest BCUT2D eigenvalue weighted by molar-refractivity contribution is -0.142. The van der Waals surface area contributed by atoms with E-state index in [-0.39, 0.29) is 11.0 Å². The lowest BCUT2D eigenvalue weighted by Gasteiger charge is -2.19. The maximum absolute atomic E-state index is 10.5. The summed E-state index contributed by atoms with van der Waals surface area (Å²) in [6.07, 6.45) is -5.22. The normalized spacial score (nSPS) is 15.8. The number of Topliss-reactive ketones (excluding diaryl/α,β-unsaturated/α-hetero) is 1. The third kappa shape index (κ3) is 5.19. The van der Waals surface area contributed by atoms with E-state index in [1.807, 2.05) is 0 Å². The van der Waals surface area contributed by atoms with Gasteiger partial charge in [-0.25, -0.2) is 0 Å². The second-order valence-electron chi connectivity index (χ2n) is 2.31. The molecule has 88 valence electrons. The Balaban J connectivity index is -0.000000605. The van der Waals surface area contributed by atoms with E-state index < -0.39 is 37.3 Å². The molecule has 14 heavy (non-hydrogen) atoms. The van der Waals surface area contributed by atoms with Crippen molar-refractivity contribution in [3.8, 4) is 0 Å². The molecule has 0 radical (unpaired) electrons. The van der Waals surface area contributed by atoms with Gasteiger partial charge in [0.2, 0.25) is 0 Å². The summed E-state index contributed by atoms with van der Waals surface area (Å²) < 4.78 is 0. The molecule has 9 N–H and O–H groups in total. The number of hydrogen-bond donors (Lipinski definition) is 5. The monoisotopic (exact) mass is 216 g/mol. The standard InChI is InChI=1S/C6H12O6.2H2O/c7-1-3(9)5(11)6(12)4(10)2-8;;/h3,5-9,11-12H,1-2H2;2*1H2. The van der Waals surface area contributed by atoms with Crippen LogP contribution in [0.1, 0.15) is 0 Å². The van der Waals surface area contributed by atoms with Gasteiger partial charge in [0.1, 0.15) is 24.9 Å². The van der Waals surface area contributed by atoms with Crippen LogP contribution in [0, 0.1) is 0 Å². The highest BCUT2D eigenvalue weighted by molar-refractivity contribution is 5.84. The number of carbonyl (C=O) groups is 1. The Morgan fingerprint density at radius 1 is 1.07 bits per heavy atom. The first-order valence-corrected chi connectivity index (χ1v) is 3.33. The van der Waals surface area contributed by atoms with Gasteiger partial charge in [-0.05, 0) is 0 Å². The van der Waals surface area contributed by atoms with E-state index in [4.69, 9.17) is 25.5 Å². The minimum Gasteiger partial charge on any atom is -0.412 e. The SMILES string of the molecule is O.O.O=C(CO)C(O)C(O)C(O)CO. The first-order valence-electron chi connectivity index (χ1n) is 3.33. The molecule has 0 aromatic heterocycles. The number of aliphatic hydroxyl groups is 5. The summed E-state index contributed by atoms with van der Waals surface area (Å²) in [6, 6.07) is 0. The summed E-state index contributed by atoms with van der Waals surface area (Å²) in [4.78, 5) is 10.5. The summed E-state index contributed by atoms with van der Waals surface area (Å²) in [5.41, 5.74) is 0. The zero-order chi connectivity index (χ0) is 9.72. The molecule has 0 spiro atoms. The summed E-state index contributed by atoms with van der Waals surface area (Å²) in [5, 5.41) is 43.1. The highest BCUT2D eigenvalue weighted by Gasteiger charge is 2.28. The first kappa shape index (κ1) is 19.0. The van der Waals surface area contributed by atoms with Crippen molar-refractivity contribution in [2.75, 3.05) is 13.2 Å². The first-order chi connectivity index (χ1) is 5.54. The number of hydrogen-bond acceptors (Lipinski definition) is 6. The predicted molar refractivity (Wildman–Crippen MR) is 44.4 cm³/mol. The molecule has 0 saturated carbocycles. The average Bonchev–Trinajstić information content (AvgIpc) is 2.12. The van der Waals surface area contributed by atoms with Gasteiger partial charge in [0.15, 0.2) is 5.78 Å². The average molecular weight is 216 g/mol. The van der Waals surface area contributed by atoms with Crippen molar-refractivity contribution in [2.45, 2.75) is 18.3 Å². The van der Waals surface area contributed by atoms with E-state index in [1.54, 1.807) is 0 Å². The largest absolute Gasteiger partial charge is 0.412 e. The number of rotatable bonds is 5. The third-order valence-electron chi connectivity index (χ3n) is 1.39. The van der Waals surface area contributed by atoms with Crippen molar-refractivity contribution in [1.82, 2.24) is 0 Å². The molecule has 8 nitrogen and oxygen atoms in total. The van der Waals surface area contributed by atoms with Gasteiger partial charge in [0.25, 0.3) is 0 Å². The zero-order valence-corrected chi connectivity index (χ0v) is 7.29. The summed E-state index contributed by atoms with van der Waals surface area (Å²) in [7, 11) is 0. The van der Waals surface area contributed by atoms with Crippen molar-refractivity contribution in [3.63, 3.8) is 0 Å². The predicted octanol–water partition coefficient (Wildman–Crippen LogP) is -5.03. The van der Waals surface area contributed by atoms with Crippen LogP contribution in [0.15, 0.2) is 0 Å². The fourth-order valence-electron chi connectivity index (χ4n) is 0.602. The smallest absolute Gasteiger partial charge is 0.189 e. The number of aliphatic hydroxyl groups excluding tert-OH is 5. The minimum atomic E-state index is -1.86. The number of carbonyl (C=O) groups excluding carboxylic acids is 1. The Bertz CT molecular complexity index is 149. The van der Waals surface area contributed by atoms with Gasteiger partial charge in [0, 0.05) is 0 Å². The number of ketones is 1. The summed E-state index contributed by atoms with van der Waals surface area (Å²) in [6.45, 7) is -1.69. The van der Waals surface area contributed by atoms with E-state index in [0.717, 1.165) is 0 Å². The quantitative estimate of drug-likeness (QED) is 0.306. The fourth-order valence-corrected chi connectivity index (χ4v) is 0.602. The van der Waals surface area contributed by atoms with Crippen LogP contribution in [0.25, 0.3) is 0 Å². The Morgan fingerprint density at radius 3 is 1.79 bits per heavy atom. The molecule has 0 fully saturated rings. The van der Waals surface area contributed by atoms with Gasteiger partial charge in [-0.1, -0.05) is 0 Å². The lowest BCUT2D eigenvalue weighted by Crippen LogP contribution is -2.44. The molecule has 0 aliphatic heterocycles. The molecular weight excluding hydrogens is 200 g/mol. The molecule has 3 unspecified atom stereocenters. The highest BCUT2D eigenvalue weighted by atomic mass is 16.4. The Kier molecular flexibility index (Phi) is 12.2. The van der Waals surface area contributed by atoms with Crippen molar-refractivity contribution in [1.29, 1.82) is 0 Å². The van der Waals surface area contributed by atoms with Crippen LogP contribution in [0.4, 0.5) is 0 Å². The Labute approximate surface area is 79.7 Å². The van der Waals surface area contributed by atoms with Crippen LogP contribution in [-0.2, 0) is 4.79 Å². The lowest BCUT2D eigenvalue weighted by atomic mass is 10.1. The van der Waals surface area contributed by atoms with Crippen LogP contribution >= 0.6 is 0 Å². The van der Waals surface area contributed by atoms with E-state index >= 15 is 0 Å². The highest BCUT2D eigenvalue weighted by Crippen LogP contribution is 2.00. The van der Waals surface area contributed by atoms with Gasteiger partial charge < -0.3 is 36.5 Å². The maximum atomic E-state index is 10.5. The Morgan fingerprint density at radius 2 is 1.50 bits per heavy atom. The second-order valence-corrected chi connectivity index (χ2v) is 2.31.